The third-order valence-electron chi connectivity index (χ3n) is 9.63. The standard InChI is InChI=1S/C37H42FN7O6/c1-26(46)39-25-30-24-33(40-51-30)28-9-11-35(32(38)22-28)43-18-20-44(21-19-43)36(47)8-5-13-41-14-16-42(17-15-41)29-10-12-34(45(49)50)31(23-29)37(48)27-6-3-2-4-7-27/h2-4,6-7,9-12,22-23,30H,5,8,13-21,24-25H2,1H3,(H,39,46). The maximum atomic E-state index is 15.2. The highest BCUT2D eigenvalue weighted by atomic mass is 19.1. The number of benzene rings is 3. The molecule has 0 saturated carbocycles. The van der Waals surface area contributed by atoms with Crippen molar-refractivity contribution in [3.05, 3.63) is 99.4 Å². The fourth-order valence-corrected chi connectivity index (χ4v) is 6.75. The number of nitro benzene ring substituents is 1. The third kappa shape index (κ3) is 8.69. The Kier molecular flexibility index (Phi) is 11.2. The van der Waals surface area contributed by atoms with Crippen LogP contribution in [0.1, 0.15) is 47.7 Å². The first-order valence-corrected chi connectivity index (χ1v) is 17.3. The number of carbonyl (C=O) groups excluding carboxylic acids is 3. The van der Waals surface area contributed by atoms with Gasteiger partial charge in [-0.2, -0.15) is 0 Å². The van der Waals surface area contributed by atoms with Gasteiger partial charge in [-0.3, -0.25) is 29.4 Å². The second-order valence-corrected chi connectivity index (χ2v) is 13.0. The summed E-state index contributed by atoms with van der Waals surface area (Å²) < 4.78 is 15.2. The molecule has 3 aromatic rings. The van der Waals surface area contributed by atoms with E-state index in [0.29, 0.717) is 81.2 Å². The van der Waals surface area contributed by atoms with Gasteiger partial charge in [0.25, 0.3) is 5.69 Å². The van der Waals surface area contributed by atoms with Crippen LogP contribution in [0.25, 0.3) is 0 Å². The summed E-state index contributed by atoms with van der Waals surface area (Å²) in [7, 11) is 0. The van der Waals surface area contributed by atoms with E-state index in [9.17, 15) is 24.5 Å². The van der Waals surface area contributed by atoms with Gasteiger partial charge in [-0.15, -0.1) is 0 Å². The van der Waals surface area contributed by atoms with Gasteiger partial charge in [0.15, 0.2) is 5.78 Å². The first-order chi connectivity index (χ1) is 24.7. The minimum atomic E-state index is -0.519. The number of oxime groups is 1. The van der Waals surface area contributed by atoms with E-state index >= 15 is 4.39 Å². The number of halogens is 1. The Morgan fingerprint density at radius 2 is 1.67 bits per heavy atom. The molecule has 268 valence electrons. The van der Waals surface area contributed by atoms with Gasteiger partial charge in [0, 0.05) is 95.0 Å². The molecule has 0 aromatic heterocycles. The second kappa shape index (κ2) is 16.1. The van der Waals surface area contributed by atoms with Gasteiger partial charge >= 0.3 is 0 Å². The number of carbonyl (C=O) groups is 3. The summed E-state index contributed by atoms with van der Waals surface area (Å²) in [6.07, 6.45) is 1.37. The molecule has 2 fully saturated rings. The minimum absolute atomic E-state index is 0.0777. The van der Waals surface area contributed by atoms with Gasteiger partial charge in [0.1, 0.15) is 17.5 Å². The highest BCUT2D eigenvalue weighted by Gasteiger charge is 2.27. The summed E-state index contributed by atoms with van der Waals surface area (Å²) in [6.45, 7) is 7.62. The minimum Gasteiger partial charge on any atom is -0.390 e. The molecule has 0 aliphatic carbocycles. The molecule has 3 aliphatic rings. The van der Waals surface area contributed by atoms with Crippen LogP contribution in [0.5, 0.6) is 0 Å². The fourth-order valence-electron chi connectivity index (χ4n) is 6.75. The number of piperazine rings is 2. The van der Waals surface area contributed by atoms with E-state index in [4.69, 9.17) is 4.84 Å². The summed E-state index contributed by atoms with van der Waals surface area (Å²) >= 11 is 0. The predicted octanol–water partition coefficient (Wildman–Crippen LogP) is 3.85. The molecule has 3 aliphatic heterocycles. The quantitative estimate of drug-likeness (QED) is 0.170. The van der Waals surface area contributed by atoms with Crippen molar-refractivity contribution in [3.63, 3.8) is 0 Å². The van der Waals surface area contributed by atoms with Crippen molar-refractivity contribution in [2.24, 2.45) is 5.16 Å². The lowest BCUT2D eigenvalue weighted by atomic mass is 10.0. The highest BCUT2D eigenvalue weighted by molar-refractivity contribution is 6.12. The zero-order chi connectivity index (χ0) is 35.9. The number of nitrogens with one attached hydrogen (secondary N) is 1. The number of amides is 2. The molecule has 2 amide bonds. The molecule has 0 spiro atoms. The van der Waals surface area contributed by atoms with E-state index in [0.717, 1.165) is 31.7 Å². The lowest BCUT2D eigenvalue weighted by molar-refractivity contribution is -0.385. The van der Waals surface area contributed by atoms with Crippen molar-refractivity contribution in [1.82, 2.24) is 15.1 Å². The Morgan fingerprint density at radius 1 is 0.941 bits per heavy atom. The van der Waals surface area contributed by atoms with Crippen molar-refractivity contribution in [2.75, 3.05) is 75.2 Å². The summed E-state index contributed by atoms with van der Waals surface area (Å²) in [4.78, 5) is 62.1. The Hall–Kier alpha value is -5.37. The van der Waals surface area contributed by atoms with Gasteiger partial charge < -0.3 is 24.9 Å². The topological polar surface area (TPSA) is 141 Å². The van der Waals surface area contributed by atoms with Crippen LogP contribution < -0.4 is 15.1 Å². The largest absolute Gasteiger partial charge is 0.390 e. The molecule has 2 saturated heterocycles. The van der Waals surface area contributed by atoms with Crippen LogP contribution in [0.4, 0.5) is 21.5 Å². The van der Waals surface area contributed by atoms with Crippen molar-refractivity contribution >= 4 is 40.4 Å². The smallest absolute Gasteiger partial charge is 0.280 e. The van der Waals surface area contributed by atoms with Crippen molar-refractivity contribution in [2.45, 2.75) is 32.3 Å². The zero-order valence-corrected chi connectivity index (χ0v) is 28.6. The molecule has 1 N–H and O–H groups in total. The SMILES string of the molecule is CC(=O)NCC1CC(c2ccc(N3CCN(C(=O)CCCN4CCN(c5ccc([N+](=O)[O-])c(C(=O)c6ccccc6)c5)CC4)CC3)c(F)c2)=NO1. The summed E-state index contributed by atoms with van der Waals surface area (Å²) in [5.41, 5.74) is 2.83. The average molecular weight is 700 g/mol. The Balaban J connectivity index is 0.927. The van der Waals surface area contributed by atoms with Crippen LogP contribution in [0.2, 0.25) is 0 Å². The maximum Gasteiger partial charge on any atom is 0.280 e. The average Bonchev–Trinajstić information content (AvgIpc) is 3.63. The molecule has 6 rings (SSSR count). The van der Waals surface area contributed by atoms with E-state index < -0.39 is 4.92 Å². The van der Waals surface area contributed by atoms with Crippen LogP contribution in [0.15, 0.2) is 71.9 Å². The lowest BCUT2D eigenvalue weighted by Crippen LogP contribution is -2.49. The molecule has 0 bridgehead atoms. The number of anilines is 2. The molecule has 3 heterocycles. The van der Waals surface area contributed by atoms with E-state index in [2.05, 4.69) is 20.3 Å². The predicted molar refractivity (Wildman–Crippen MR) is 191 cm³/mol. The summed E-state index contributed by atoms with van der Waals surface area (Å²) in [5.74, 6) is -0.779. The number of rotatable bonds is 12. The van der Waals surface area contributed by atoms with Gasteiger partial charge in [0.2, 0.25) is 11.8 Å². The van der Waals surface area contributed by atoms with E-state index in [1.54, 1.807) is 48.5 Å². The van der Waals surface area contributed by atoms with Crippen molar-refractivity contribution in [1.29, 1.82) is 0 Å². The number of ketones is 1. The van der Waals surface area contributed by atoms with Crippen molar-refractivity contribution in [3.8, 4) is 0 Å². The molecule has 1 unspecified atom stereocenters. The number of hydrogen-bond acceptors (Lipinski definition) is 10. The Labute approximate surface area is 295 Å². The molecule has 13 nitrogen and oxygen atoms in total. The van der Waals surface area contributed by atoms with Crippen LogP contribution in [0, 0.1) is 15.9 Å². The molecular formula is C37H42FN7O6. The third-order valence-corrected chi connectivity index (χ3v) is 9.63. The van der Waals surface area contributed by atoms with E-state index in [-0.39, 0.29) is 40.8 Å². The highest BCUT2D eigenvalue weighted by Crippen LogP contribution is 2.29. The number of hydrogen-bond donors (Lipinski definition) is 1. The number of nitrogens with zero attached hydrogens (tertiary/aromatic N) is 6. The van der Waals surface area contributed by atoms with Gasteiger partial charge in [-0.05, 0) is 37.2 Å². The normalized spacial score (nSPS) is 17.9. The lowest BCUT2D eigenvalue weighted by Gasteiger charge is -2.37. The van der Waals surface area contributed by atoms with E-state index in [1.165, 1.54) is 19.1 Å². The first-order valence-electron chi connectivity index (χ1n) is 17.3. The van der Waals surface area contributed by atoms with Crippen LogP contribution in [-0.4, -0.2) is 110 Å². The molecule has 1 atom stereocenters. The summed E-state index contributed by atoms with van der Waals surface area (Å²) in [5, 5.41) is 18.5. The number of nitro groups is 1. The summed E-state index contributed by atoms with van der Waals surface area (Å²) in [6, 6.07) is 18.3. The Bertz CT molecular complexity index is 1790. The molecular weight excluding hydrogens is 657 g/mol. The second-order valence-electron chi connectivity index (χ2n) is 13.0. The van der Waals surface area contributed by atoms with Gasteiger partial charge in [-0.25, -0.2) is 4.39 Å². The molecule has 51 heavy (non-hydrogen) atoms. The van der Waals surface area contributed by atoms with Gasteiger partial charge in [0.05, 0.1) is 22.9 Å². The zero-order valence-electron chi connectivity index (χ0n) is 28.6. The molecule has 14 heteroatoms. The maximum absolute atomic E-state index is 15.2. The molecule has 3 aromatic carbocycles. The van der Waals surface area contributed by atoms with Crippen LogP contribution >= 0.6 is 0 Å². The van der Waals surface area contributed by atoms with Crippen LogP contribution in [0.3, 0.4) is 0 Å². The van der Waals surface area contributed by atoms with Crippen molar-refractivity contribution < 1.29 is 28.5 Å². The van der Waals surface area contributed by atoms with Gasteiger partial charge in [-0.1, -0.05) is 41.6 Å². The first kappa shape index (κ1) is 35.5. The molecule has 0 radical (unpaired) electrons. The van der Waals surface area contributed by atoms with E-state index in [1.807, 2.05) is 15.9 Å². The monoisotopic (exact) mass is 699 g/mol. The fraction of sp³-hybridized carbons (Fsp3) is 0.405. The van der Waals surface area contributed by atoms with Crippen LogP contribution in [-0.2, 0) is 14.4 Å². The Morgan fingerprint density at radius 3 is 2.35 bits per heavy atom.